The van der Waals surface area contributed by atoms with Crippen LogP contribution in [0.1, 0.15) is 245 Å². The van der Waals surface area contributed by atoms with E-state index in [1.807, 2.05) is 0 Å². The fourth-order valence-electron chi connectivity index (χ4n) is 6.69. The van der Waals surface area contributed by atoms with Crippen molar-refractivity contribution in [2.45, 2.75) is 245 Å². The zero-order valence-corrected chi connectivity index (χ0v) is 32.8. The summed E-state index contributed by atoms with van der Waals surface area (Å²) in [6.45, 7) is 6.57. The van der Waals surface area contributed by atoms with Crippen molar-refractivity contribution < 1.29 is 4.84 Å². The number of hydroxylamine groups is 2. The van der Waals surface area contributed by atoms with Crippen LogP contribution in [0.2, 0.25) is 0 Å². The molecule has 0 aromatic rings. The minimum atomic E-state index is 0.361. The zero-order chi connectivity index (χ0) is 32.7. The first-order valence-corrected chi connectivity index (χ1v) is 21.7. The van der Waals surface area contributed by atoms with Crippen LogP contribution >= 0.6 is 24.8 Å². The highest BCUT2D eigenvalue weighted by Gasteiger charge is 2.07. The zero-order valence-electron chi connectivity index (χ0n) is 31.1. The first-order chi connectivity index (χ1) is 22.2. The molecule has 0 spiro atoms. The van der Waals surface area contributed by atoms with Gasteiger partial charge < -0.3 is 4.84 Å². The molecule has 0 atom stereocenters. The minimum absolute atomic E-state index is 0.361. The predicted octanol–water partition coefficient (Wildman–Crippen LogP) is 15.5. The molecule has 0 aromatic carbocycles. The second kappa shape index (κ2) is 40.4. The summed E-state index contributed by atoms with van der Waals surface area (Å²) in [7, 11) is 0. The lowest BCUT2D eigenvalue weighted by Crippen LogP contribution is -2.27. The number of thiol groups is 1. The van der Waals surface area contributed by atoms with Crippen LogP contribution in [0.3, 0.4) is 0 Å². The summed E-state index contributed by atoms with van der Waals surface area (Å²) in [5.41, 5.74) is 0. The maximum Gasteiger partial charge on any atom is 0.241 e. The molecule has 2 nitrogen and oxygen atoms in total. The van der Waals surface area contributed by atoms with E-state index in [1.54, 1.807) is 0 Å². The SMILES string of the molecule is CCCCCCCCCCCCCCCCCCCCN(CCCCCCCCCCCCCCCCCCCC)OC(=S)S. The van der Waals surface area contributed by atoms with E-state index < -0.39 is 0 Å². The van der Waals surface area contributed by atoms with Crippen LogP contribution in [0.5, 0.6) is 0 Å². The van der Waals surface area contributed by atoms with Crippen molar-refractivity contribution in [3.05, 3.63) is 0 Å². The third-order valence-electron chi connectivity index (χ3n) is 9.73. The fourth-order valence-corrected chi connectivity index (χ4v) is 6.91. The van der Waals surface area contributed by atoms with Crippen LogP contribution in [0, 0.1) is 0 Å². The maximum atomic E-state index is 5.75. The van der Waals surface area contributed by atoms with Crippen molar-refractivity contribution in [2.24, 2.45) is 0 Å². The molecule has 0 amide bonds. The van der Waals surface area contributed by atoms with Gasteiger partial charge in [0.05, 0.1) is 0 Å². The van der Waals surface area contributed by atoms with Crippen molar-refractivity contribution in [2.75, 3.05) is 13.1 Å². The quantitative estimate of drug-likeness (QED) is 0.0303. The summed E-state index contributed by atoms with van der Waals surface area (Å²) in [6.07, 6.45) is 51.0. The summed E-state index contributed by atoms with van der Waals surface area (Å²) in [4.78, 5) is 5.75. The Labute approximate surface area is 296 Å². The Kier molecular flexibility index (Phi) is 40.6. The van der Waals surface area contributed by atoms with Crippen LogP contribution in [0.25, 0.3) is 0 Å². The van der Waals surface area contributed by atoms with E-state index in [2.05, 4.69) is 31.5 Å². The molecular weight excluding hydrogens is 587 g/mol. The molecule has 0 aliphatic heterocycles. The smallest absolute Gasteiger partial charge is 0.241 e. The number of hydrogen-bond acceptors (Lipinski definition) is 3. The molecule has 0 aliphatic carbocycles. The lowest BCUT2D eigenvalue weighted by Gasteiger charge is -2.21. The van der Waals surface area contributed by atoms with Gasteiger partial charge in [-0.15, -0.1) is 5.06 Å². The van der Waals surface area contributed by atoms with Gasteiger partial charge in [-0.2, -0.15) is 0 Å². The maximum absolute atomic E-state index is 5.75. The third kappa shape index (κ3) is 40.3. The van der Waals surface area contributed by atoms with Gasteiger partial charge in [-0.25, -0.2) is 0 Å². The summed E-state index contributed by atoms with van der Waals surface area (Å²) in [6, 6.07) is 0. The lowest BCUT2D eigenvalue weighted by atomic mass is 10.0. The molecule has 270 valence electrons. The molecule has 0 bridgehead atoms. The topological polar surface area (TPSA) is 12.5 Å². The second-order valence-electron chi connectivity index (χ2n) is 14.3. The molecule has 0 saturated carbocycles. The number of hydrogen-bond donors (Lipinski definition) is 1. The molecule has 0 fully saturated rings. The largest absolute Gasteiger partial charge is 0.387 e. The van der Waals surface area contributed by atoms with Crippen molar-refractivity contribution in [1.29, 1.82) is 0 Å². The summed E-state index contributed by atoms with van der Waals surface area (Å²) in [5, 5.41) is 2.08. The number of rotatable bonds is 39. The van der Waals surface area contributed by atoms with Crippen LogP contribution in [0.15, 0.2) is 0 Å². The van der Waals surface area contributed by atoms with Crippen molar-refractivity contribution in [3.8, 4) is 0 Å². The summed E-state index contributed by atoms with van der Waals surface area (Å²) >= 11 is 9.35. The van der Waals surface area contributed by atoms with Crippen LogP contribution in [-0.2, 0) is 4.84 Å². The van der Waals surface area contributed by atoms with Gasteiger partial charge in [0.15, 0.2) is 0 Å². The van der Waals surface area contributed by atoms with Gasteiger partial charge in [0.1, 0.15) is 0 Å². The number of nitrogens with zero attached hydrogens (tertiary/aromatic N) is 1. The van der Waals surface area contributed by atoms with Gasteiger partial charge in [0.25, 0.3) is 0 Å². The normalized spacial score (nSPS) is 11.6. The van der Waals surface area contributed by atoms with E-state index in [1.165, 1.54) is 231 Å². The Hall–Kier alpha value is 0.200. The van der Waals surface area contributed by atoms with Gasteiger partial charge in [0, 0.05) is 13.1 Å². The molecule has 0 aromatic heterocycles. The molecule has 0 unspecified atom stereocenters. The Morgan fingerprint density at radius 1 is 0.356 bits per heavy atom. The molecule has 0 radical (unpaired) electrons. The first-order valence-electron chi connectivity index (χ1n) is 20.9. The van der Waals surface area contributed by atoms with E-state index in [9.17, 15) is 0 Å². The highest BCUT2D eigenvalue weighted by molar-refractivity contribution is 8.10. The molecule has 0 N–H and O–H groups in total. The van der Waals surface area contributed by atoms with Gasteiger partial charge in [-0.1, -0.05) is 245 Å². The van der Waals surface area contributed by atoms with Gasteiger partial charge in [0.2, 0.25) is 4.38 Å². The summed E-state index contributed by atoms with van der Waals surface area (Å²) < 4.78 is 0.361. The average molecular weight is 670 g/mol. The van der Waals surface area contributed by atoms with E-state index in [0.29, 0.717) is 4.38 Å². The predicted molar refractivity (Wildman–Crippen MR) is 212 cm³/mol. The van der Waals surface area contributed by atoms with Gasteiger partial charge >= 0.3 is 0 Å². The lowest BCUT2D eigenvalue weighted by molar-refractivity contribution is -0.0676. The van der Waals surface area contributed by atoms with E-state index in [0.717, 1.165) is 13.1 Å². The molecular formula is C41H83NOS2. The Bertz CT molecular complexity index is 518. The molecule has 0 aliphatic rings. The van der Waals surface area contributed by atoms with Crippen LogP contribution < -0.4 is 0 Å². The third-order valence-corrected chi connectivity index (χ3v) is 9.89. The molecule has 4 heteroatoms. The summed E-state index contributed by atoms with van der Waals surface area (Å²) in [5.74, 6) is 0. The standard InChI is InChI=1S/C41H83NOS2/c1-3-5-7-9-11-13-15-17-19-21-23-25-27-29-31-33-35-37-39-42(43-41(44)45)40-38-36-34-32-30-28-26-24-22-20-18-16-14-12-10-8-6-4-2/h3-40H2,1-2H3,(H,44,45). The van der Waals surface area contributed by atoms with Crippen molar-refractivity contribution in [1.82, 2.24) is 5.06 Å². The van der Waals surface area contributed by atoms with E-state index in [-0.39, 0.29) is 0 Å². The van der Waals surface area contributed by atoms with Crippen LogP contribution in [0.4, 0.5) is 0 Å². The highest BCUT2D eigenvalue weighted by Crippen LogP contribution is 2.16. The van der Waals surface area contributed by atoms with E-state index >= 15 is 0 Å². The van der Waals surface area contributed by atoms with Crippen molar-refractivity contribution >= 4 is 29.2 Å². The average Bonchev–Trinajstić information content (AvgIpc) is 3.03. The molecule has 0 heterocycles. The van der Waals surface area contributed by atoms with Crippen molar-refractivity contribution in [3.63, 3.8) is 0 Å². The van der Waals surface area contributed by atoms with Gasteiger partial charge in [-0.05, 0) is 25.1 Å². The number of unbranched alkanes of at least 4 members (excludes halogenated alkanes) is 34. The molecule has 45 heavy (non-hydrogen) atoms. The highest BCUT2D eigenvalue weighted by atomic mass is 32.1. The molecule has 0 rings (SSSR count). The fraction of sp³-hybridized carbons (Fsp3) is 0.976. The Balaban J connectivity index is 3.44. The van der Waals surface area contributed by atoms with Gasteiger partial charge in [-0.3, -0.25) is 0 Å². The first kappa shape index (κ1) is 45.2. The molecule has 0 saturated heterocycles. The second-order valence-corrected chi connectivity index (χ2v) is 15.4. The minimum Gasteiger partial charge on any atom is -0.387 e. The Morgan fingerprint density at radius 2 is 0.533 bits per heavy atom. The number of thiocarbonyl (C=S) groups is 1. The monoisotopic (exact) mass is 670 g/mol. The van der Waals surface area contributed by atoms with Crippen LogP contribution in [-0.4, -0.2) is 22.5 Å². The Morgan fingerprint density at radius 3 is 0.711 bits per heavy atom. The van der Waals surface area contributed by atoms with E-state index in [4.69, 9.17) is 17.1 Å².